The van der Waals surface area contributed by atoms with Crippen LogP contribution in [0.4, 0.5) is 16.6 Å². The zero-order valence-corrected chi connectivity index (χ0v) is 24.0. The number of carboxylic acid groups (broad SMARTS) is 1. The second-order valence-corrected chi connectivity index (χ2v) is 9.78. The van der Waals surface area contributed by atoms with Crippen LogP contribution in [0.1, 0.15) is 22.3 Å². The number of benzene rings is 2. The summed E-state index contributed by atoms with van der Waals surface area (Å²) in [7, 11) is 3.11. The van der Waals surface area contributed by atoms with Crippen molar-refractivity contribution >= 4 is 40.6 Å². The van der Waals surface area contributed by atoms with Gasteiger partial charge in [-0.3, -0.25) is 14.2 Å². The molecule has 5 rings (SSSR count). The quantitative estimate of drug-likeness (QED) is 0.224. The van der Waals surface area contributed by atoms with Crippen LogP contribution in [-0.4, -0.2) is 81.3 Å². The molecular formula is C29H30N8O7. The summed E-state index contributed by atoms with van der Waals surface area (Å²) in [5, 5.41) is 13.0. The molecule has 4 N–H and O–H groups in total. The largest absolute Gasteiger partial charge is 0.491 e. The number of carbonyl (C=O) groups excluding carboxylic acids is 2. The smallest absolute Gasteiger partial charge is 0.414 e. The lowest BCUT2D eigenvalue weighted by Gasteiger charge is -2.18. The highest BCUT2D eigenvalue weighted by Crippen LogP contribution is 2.37. The Bertz CT molecular complexity index is 1770. The monoisotopic (exact) mass is 602 g/mol. The van der Waals surface area contributed by atoms with Crippen molar-refractivity contribution in [1.82, 2.24) is 24.4 Å². The number of nitrogens with zero attached hydrogens (tertiary/aromatic N) is 6. The zero-order chi connectivity index (χ0) is 31.2. The van der Waals surface area contributed by atoms with Gasteiger partial charge >= 0.3 is 12.1 Å². The molecule has 0 saturated carbocycles. The van der Waals surface area contributed by atoms with Crippen molar-refractivity contribution in [2.75, 3.05) is 44.9 Å². The lowest BCUT2D eigenvalue weighted by molar-refractivity contribution is -0.136. The van der Waals surface area contributed by atoms with E-state index in [1.54, 1.807) is 37.4 Å². The molecule has 0 spiro atoms. The number of hydrogen-bond donors (Lipinski definition) is 3. The molecule has 15 nitrogen and oxygen atoms in total. The van der Waals surface area contributed by atoms with Crippen LogP contribution in [0.5, 0.6) is 17.2 Å². The molecule has 0 fully saturated rings. The molecule has 1 aliphatic rings. The fraction of sp³-hybridized carbons (Fsp3) is 0.276. The Morgan fingerprint density at radius 2 is 1.89 bits per heavy atom. The minimum atomic E-state index is -0.938. The molecule has 3 heterocycles. The third-order valence-electron chi connectivity index (χ3n) is 6.72. The van der Waals surface area contributed by atoms with E-state index in [0.717, 1.165) is 11.2 Å². The molecule has 15 heteroatoms. The first-order chi connectivity index (χ1) is 21.2. The third-order valence-corrected chi connectivity index (χ3v) is 6.72. The predicted molar refractivity (Wildman–Crippen MR) is 158 cm³/mol. The van der Waals surface area contributed by atoms with Crippen LogP contribution in [0.2, 0.25) is 0 Å². The Morgan fingerprint density at radius 1 is 1.14 bits per heavy atom. The van der Waals surface area contributed by atoms with Crippen LogP contribution >= 0.6 is 0 Å². The number of aromatic nitrogens is 4. The van der Waals surface area contributed by atoms with Crippen molar-refractivity contribution in [3.8, 4) is 17.2 Å². The van der Waals surface area contributed by atoms with Gasteiger partial charge in [-0.2, -0.15) is 4.99 Å². The molecule has 2 aromatic carbocycles. The standard InChI is InChI=1S/C29H30N8O7/c1-36(29(41)44-19-6-4-17(5-7-19)14-22(38)39)11-3-13-43-21-9-8-20-23(24(21)42-2)34-28(37-12-10-31-25(20)37)35-26(40)18-15-32-27(30)33-16-18/h4-9,15-16,31H,3,10-14H2,1-2H3,(H,38,39)(H2,30,32,33). The normalized spacial score (nSPS) is 12.4. The van der Waals surface area contributed by atoms with E-state index >= 15 is 0 Å². The van der Waals surface area contributed by atoms with Gasteiger partial charge in [0.15, 0.2) is 11.5 Å². The van der Waals surface area contributed by atoms with Crippen molar-refractivity contribution in [2.24, 2.45) is 4.99 Å². The Hall–Kier alpha value is -5.73. The van der Waals surface area contributed by atoms with E-state index in [1.165, 1.54) is 24.4 Å². The van der Waals surface area contributed by atoms with E-state index in [-0.39, 0.29) is 30.2 Å². The molecule has 44 heavy (non-hydrogen) atoms. The number of rotatable bonds is 10. The maximum absolute atomic E-state index is 12.8. The van der Waals surface area contributed by atoms with Gasteiger partial charge in [-0.15, -0.1) is 0 Å². The fourth-order valence-electron chi connectivity index (χ4n) is 4.55. The predicted octanol–water partition coefficient (Wildman–Crippen LogP) is 2.11. The average Bonchev–Trinajstić information content (AvgIpc) is 3.51. The molecule has 2 aromatic heterocycles. The second-order valence-electron chi connectivity index (χ2n) is 9.78. The number of hydrogen-bond acceptors (Lipinski definition) is 11. The summed E-state index contributed by atoms with van der Waals surface area (Å²) < 4.78 is 18.9. The van der Waals surface area contributed by atoms with Crippen LogP contribution in [0.25, 0.3) is 10.9 Å². The van der Waals surface area contributed by atoms with Gasteiger partial charge in [-0.25, -0.2) is 19.7 Å². The number of amides is 2. The number of ether oxygens (including phenoxy) is 3. The zero-order valence-electron chi connectivity index (χ0n) is 24.0. The minimum absolute atomic E-state index is 0.0512. The van der Waals surface area contributed by atoms with E-state index in [9.17, 15) is 14.4 Å². The Kier molecular flexibility index (Phi) is 8.83. The first-order valence-corrected chi connectivity index (χ1v) is 13.6. The maximum atomic E-state index is 12.8. The summed E-state index contributed by atoms with van der Waals surface area (Å²) in [6, 6.07) is 9.94. The highest BCUT2D eigenvalue weighted by molar-refractivity contribution is 5.96. The number of anilines is 2. The van der Waals surface area contributed by atoms with E-state index in [0.29, 0.717) is 54.4 Å². The molecule has 0 aliphatic carbocycles. The number of carbonyl (C=O) groups is 3. The summed E-state index contributed by atoms with van der Waals surface area (Å²) in [4.78, 5) is 54.2. The number of aliphatic carboxylic acids is 1. The van der Waals surface area contributed by atoms with Gasteiger partial charge in [0.2, 0.25) is 11.6 Å². The van der Waals surface area contributed by atoms with E-state index in [4.69, 9.17) is 25.1 Å². The number of nitrogens with one attached hydrogen (secondary N) is 1. The lowest BCUT2D eigenvalue weighted by Crippen LogP contribution is -2.31. The fourth-order valence-corrected chi connectivity index (χ4v) is 4.55. The first-order valence-electron chi connectivity index (χ1n) is 13.6. The van der Waals surface area contributed by atoms with E-state index in [1.807, 2.05) is 10.6 Å². The van der Waals surface area contributed by atoms with Gasteiger partial charge in [-0.05, 0) is 36.2 Å². The van der Waals surface area contributed by atoms with Crippen LogP contribution in [-0.2, 0) is 17.8 Å². The SMILES string of the molecule is COc1c(OCCCN(C)C(=O)Oc2ccc(CC(=O)O)cc2)ccc2c3n(c(=NC(=O)c4cnc(N)nc4)nc12)CCN3. The maximum Gasteiger partial charge on any atom is 0.414 e. The number of fused-ring (bicyclic) bond motifs is 3. The van der Waals surface area contributed by atoms with Crippen molar-refractivity contribution in [2.45, 2.75) is 19.4 Å². The topological polar surface area (TPSA) is 196 Å². The summed E-state index contributed by atoms with van der Waals surface area (Å²) in [6.45, 7) is 1.80. The summed E-state index contributed by atoms with van der Waals surface area (Å²) in [5.41, 5.74) is 6.95. The van der Waals surface area contributed by atoms with Gasteiger partial charge < -0.3 is 35.3 Å². The molecule has 0 unspecified atom stereocenters. The molecule has 0 radical (unpaired) electrons. The molecule has 0 atom stereocenters. The van der Waals surface area contributed by atoms with Crippen molar-refractivity contribution in [3.05, 3.63) is 65.5 Å². The lowest BCUT2D eigenvalue weighted by atomic mass is 10.1. The number of carboxylic acids is 1. The Labute approximate surface area is 250 Å². The summed E-state index contributed by atoms with van der Waals surface area (Å²) >= 11 is 0. The van der Waals surface area contributed by atoms with Gasteiger partial charge in [0.1, 0.15) is 17.1 Å². The highest BCUT2D eigenvalue weighted by Gasteiger charge is 2.21. The van der Waals surface area contributed by atoms with Crippen LogP contribution in [0, 0.1) is 0 Å². The van der Waals surface area contributed by atoms with Crippen LogP contribution in [0.15, 0.2) is 53.8 Å². The summed E-state index contributed by atoms with van der Waals surface area (Å²) in [6.07, 6.45) is 2.43. The molecule has 228 valence electrons. The van der Waals surface area contributed by atoms with E-state index < -0.39 is 18.0 Å². The molecule has 0 bridgehead atoms. The van der Waals surface area contributed by atoms with Gasteiger partial charge in [0.05, 0.1) is 25.7 Å². The first kappa shape index (κ1) is 29.8. The van der Waals surface area contributed by atoms with Crippen LogP contribution < -0.4 is 30.9 Å². The highest BCUT2D eigenvalue weighted by atomic mass is 16.6. The van der Waals surface area contributed by atoms with Crippen molar-refractivity contribution < 1.29 is 33.7 Å². The second kappa shape index (κ2) is 13.1. The Balaban J connectivity index is 1.26. The number of nitrogens with two attached hydrogens (primary N) is 1. The molecule has 1 aliphatic heterocycles. The number of methoxy groups -OCH3 is 1. The van der Waals surface area contributed by atoms with Gasteiger partial charge in [0, 0.05) is 44.5 Å². The average molecular weight is 603 g/mol. The van der Waals surface area contributed by atoms with Gasteiger partial charge in [0.25, 0.3) is 5.91 Å². The number of nitrogen functional groups attached to an aromatic ring is 1. The van der Waals surface area contributed by atoms with Crippen molar-refractivity contribution in [3.63, 3.8) is 0 Å². The summed E-state index contributed by atoms with van der Waals surface area (Å²) in [5.74, 6) is 0.417. The molecule has 2 amide bonds. The molecule has 4 aromatic rings. The Morgan fingerprint density at radius 3 is 2.59 bits per heavy atom. The van der Waals surface area contributed by atoms with Crippen LogP contribution in [0.3, 0.4) is 0 Å². The van der Waals surface area contributed by atoms with Gasteiger partial charge in [-0.1, -0.05) is 12.1 Å². The molecular weight excluding hydrogens is 572 g/mol. The molecule has 0 saturated heterocycles. The third kappa shape index (κ3) is 6.67. The van der Waals surface area contributed by atoms with E-state index in [2.05, 4.69) is 25.3 Å². The minimum Gasteiger partial charge on any atom is -0.491 e. The van der Waals surface area contributed by atoms with Crippen molar-refractivity contribution in [1.29, 1.82) is 0 Å².